The van der Waals surface area contributed by atoms with Crippen molar-refractivity contribution >= 4 is 12.3 Å². The Morgan fingerprint density at radius 3 is 3.00 bits per heavy atom. The summed E-state index contributed by atoms with van der Waals surface area (Å²) in [5.41, 5.74) is 0. The summed E-state index contributed by atoms with van der Waals surface area (Å²) < 4.78 is 5.30. The summed E-state index contributed by atoms with van der Waals surface area (Å²) in [6.45, 7) is 3.77. The molecule has 1 aliphatic heterocycles. The molecule has 0 saturated carbocycles. The molecule has 0 amide bonds. The fourth-order valence-electron chi connectivity index (χ4n) is 1.96. The van der Waals surface area contributed by atoms with Gasteiger partial charge in [0.1, 0.15) is 12.4 Å². The molecule has 1 heterocycles. The van der Waals surface area contributed by atoms with Crippen LogP contribution in [0.15, 0.2) is 12.2 Å². The minimum Gasteiger partial charge on any atom is -0.462 e. The van der Waals surface area contributed by atoms with E-state index in [9.17, 15) is 9.59 Å². The highest BCUT2D eigenvalue weighted by Gasteiger charge is 2.30. The summed E-state index contributed by atoms with van der Waals surface area (Å²) in [6, 6.07) is 0. The fourth-order valence-corrected chi connectivity index (χ4v) is 1.96. The van der Waals surface area contributed by atoms with E-state index in [2.05, 4.69) is 11.8 Å². The Morgan fingerprint density at radius 2 is 2.35 bits per heavy atom. The van der Waals surface area contributed by atoms with Crippen LogP contribution in [-0.4, -0.2) is 18.4 Å². The lowest BCUT2D eigenvalue weighted by atomic mass is 9.87. The van der Waals surface area contributed by atoms with Gasteiger partial charge in [-0.3, -0.25) is 4.79 Å². The summed E-state index contributed by atoms with van der Waals surface area (Å²) >= 11 is 0. The molecule has 1 aliphatic rings. The summed E-state index contributed by atoms with van der Waals surface area (Å²) in [7, 11) is 0. The second-order valence-electron chi connectivity index (χ2n) is 4.35. The molecule has 0 unspecified atom stereocenters. The molecule has 0 N–H and O–H groups in total. The number of rotatable bonds is 4. The predicted octanol–water partition coefficient (Wildman–Crippen LogP) is 2.11. The van der Waals surface area contributed by atoms with E-state index < -0.39 is 0 Å². The zero-order valence-electron chi connectivity index (χ0n) is 10.3. The minimum atomic E-state index is -0.199. The van der Waals surface area contributed by atoms with Crippen molar-refractivity contribution in [3.63, 3.8) is 0 Å². The molecule has 3 nitrogen and oxygen atoms in total. The molecule has 1 saturated heterocycles. The third kappa shape index (κ3) is 4.44. The monoisotopic (exact) mass is 234 g/mol. The Balaban J connectivity index is 2.58. The standard InChI is InChI=1S/C14H18O3/c1-3-4-5-6-11(2)13-9-12(7-8-15)10-14(16)17-13/h5-6,8,11-13H,7,9-10H2,1-2H3/b6-5+/t11-,12-,13-/m1/s1. The Labute approximate surface area is 102 Å². The van der Waals surface area contributed by atoms with Crippen LogP contribution < -0.4 is 0 Å². The van der Waals surface area contributed by atoms with E-state index in [1.807, 2.05) is 13.0 Å². The molecule has 0 bridgehead atoms. The minimum absolute atomic E-state index is 0.129. The summed E-state index contributed by atoms with van der Waals surface area (Å²) in [5.74, 6) is 5.68. The average molecular weight is 234 g/mol. The largest absolute Gasteiger partial charge is 0.462 e. The predicted molar refractivity (Wildman–Crippen MR) is 65.0 cm³/mol. The lowest BCUT2D eigenvalue weighted by molar-refractivity contribution is -0.159. The molecule has 1 rings (SSSR count). The van der Waals surface area contributed by atoms with Crippen LogP contribution in [0.4, 0.5) is 0 Å². The second kappa shape index (κ2) is 6.90. The molecule has 1 fully saturated rings. The van der Waals surface area contributed by atoms with Crippen molar-refractivity contribution in [3.05, 3.63) is 12.2 Å². The van der Waals surface area contributed by atoms with Gasteiger partial charge in [-0.15, -0.1) is 5.92 Å². The maximum atomic E-state index is 11.4. The van der Waals surface area contributed by atoms with Gasteiger partial charge in [-0.25, -0.2) is 0 Å². The van der Waals surface area contributed by atoms with Crippen LogP contribution in [0.5, 0.6) is 0 Å². The number of allylic oxidation sites excluding steroid dienone is 1. The van der Waals surface area contributed by atoms with Crippen molar-refractivity contribution in [1.82, 2.24) is 0 Å². The van der Waals surface area contributed by atoms with Crippen LogP contribution in [0.25, 0.3) is 0 Å². The van der Waals surface area contributed by atoms with Crippen LogP contribution in [0, 0.1) is 23.7 Å². The molecular weight excluding hydrogens is 216 g/mol. The topological polar surface area (TPSA) is 43.4 Å². The van der Waals surface area contributed by atoms with E-state index in [1.54, 1.807) is 13.0 Å². The lowest BCUT2D eigenvalue weighted by Gasteiger charge is -2.30. The molecule has 0 aliphatic carbocycles. The van der Waals surface area contributed by atoms with E-state index in [0.29, 0.717) is 12.8 Å². The number of carbonyl (C=O) groups is 2. The molecule has 0 spiro atoms. The molecular formula is C14H18O3. The van der Waals surface area contributed by atoms with Crippen LogP contribution in [0.2, 0.25) is 0 Å². The summed E-state index contributed by atoms with van der Waals surface area (Å²) in [4.78, 5) is 21.9. The molecule has 3 atom stereocenters. The van der Waals surface area contributed by atoms with Crippen molar-refractivity contribution in [1.29, 1.82) is 0 Å². The smallest absolute Gasteiger partial charge is 0.306 e. The molecule has 3 heteroatoms. The first kappa shape index (κ1) is 13.5. The van der Waals surface area contributed by atoms with Crippen LogP contribution in [0.1, 0.15) is 33.1 Å². The zero-order chi connectivity index (χ0) is 12.7. The highest BCUT2D eigenvalue weighted by molar-refractivity contribution is 5.71. The van der Waals surface area contributed by atoms with Crippen LogP contribution in [0.3, 0.4) is 0 Å². The first-order valence-electron chi connectivity index (χ1n) is 5.89. The molecule has 92 valence electrons. The average Bonchev–Trinajstić information content (AvgIpc) is 2.29. The van der Waals surface area contributed by atoms with E-state index in [0.717, 1.165) is 12.7 Å². The molecule has 0 aromatic rings. The van der Waals surface area contributed by atoms with Gasteiger partial charge in [-0.2, -0.15) is 0 Å². The van der Waals surface area contributed by atoms with Crippen molar-refractivity contribution in [2.45, 2.75) is 39.2 Å². The van der Waals surface area contributed by atoms with Gasteiger partial charge < -0.3 is 9.53 Å². The summed E-state index contributed by atoms with van der Waals surface area (Å²) in [6.07, 6.45) is 6.03. The quantitative estimate of drug-likeness (QED) is 0.425. The number of hydrogen-bond acceptors (Lipinski definition) is 3. The molecule has 0 aromatic heterocycles. The second-order valence-corrected chi connectivity index (χ2v) is 4.35. The Bertz CT molecular complexity index is 359. The number of carbonyl (C=O) groups excluding carboxylic acids is 2. The van der Waals surface area contributed by atoms with Gasteiger partial charge in [0.25, 0.3) is 0 Å². The van der Waals surface area contributed by atoms with Gasteiger partial charge in [-0.05, 0) is 25.3 Å². The number of aldehydes is 1. The highest BCUT2D eigenvalue weighted by atomic mass is 16.5. The fraction of sp³-hybridized carbons (Fsp3) is 0.571. The van der Waals surface area contributed by atoms with Gasteiger partial charge >= 0.3 is 5.97 Å². The molecule has 0 radical (unpaired) electrons. The number of hydrogen-bond donors (Lipinski definition) is 0. The van der Waals surface area contributed by atoms with E-state index in [-0.39, 0.29) is 23.9 Å². The molecule has 0 aromatic carbocycles. The van der Waals surface area contributed by atoms with E-state index in [4.69, 9.17) is 4.74 Å². The van der Waals surface area contributed by atoms with Gasteiger partial charge in [0.05, 0.1) is 0 Å². The van der Waals surface area contributed by atoms with Gasteiger partial charge in [0, 0.05) is 18.8 Å². The Kier molecular flexibility index (Phi) is 5.48. The third-order valence-electron chi connectivity index (χ3n) is 2.95. The van der Waals surface area contributed by atoms with Crippen molar-refractivity contribution in [2.75, 3.05) is 0 Å². The number of cyclic esters (lactones) is 1. The van der Waals surface area contributed by atoms with Crippen molar-refractivity contribution in [3.8, 4) is 11.8 Å². The van der Waals surface area contributed by atoms with Crippen LogP contribution >= 0.6 is 0 Å². The maximum Gasteiger partial charge on any atom is 0.306 e. The van der Waals surface area contributed by atoms with Gasteiger partial charge in [0.15, 0.2) is 0 Å². The van der Waals surface area contributed by atoms with E-state index >= 15 is 0 Å². The Hall–Kier alpha value is -1.56. The van der Waals surface area contributed by atoms with Crippen molar-refractivity contribution in [2.24, 2.45) is 11.8 Å². The maximum absolute atomic E-state index is 11.4. The van der Waals surface area contributed by atoms with Crippen molar-refractivity contribution < 1.29 is 14.3 Å². The third-order valence-corrected chi connectivity index (χ3v) is 2.95. The lowest BCUT2D eigenvalue weighted by Crippen LogP contribution is -2.33. The first-order chi connectivity index (χ1) is 8.17. The summed E-state index contributed by atoms with van der Waals surface area (Å²) in [5, 5.41) is 0. The molecule has 17 heavy (non-hydrogen) atoms. The highest BCUT2D eigenvalue weighted by Crippen LogP contribution is 2.28. The number of esters is 1. The number of ether oxygens (including phenoxy) is 1. The van der Waals surface area contributed by atoms with E-state index in [1.165, 1.54) is 0 Å². The SMILES string of the molecule is CC#C/C=C/[C@@H](C)[C@H]1C[C@@H](CC=O)CC(=O)O1. The van der Waals surface area contributed by atoms with Gasteiger partial charge in [-0.1, -0.05) is 18.9 Å². The first-order valence-corrected chi connectivity index (χ1v) is 5.89. The van der Waals surface area contributed by atoms with Gasteiger partial charge in [0.2, 0.25) is 0 Å². The van der Waals surface area contributed by atoms with Crippen LogP contribution in [-0.2, 0) is 14.3 Å². The normalized spacial score (nSPS) is 25.9. The zero-order valence-corrected chi connectivity index (χ0v) is 10.3. The Morgan fingerprint density at radius 1 is 1.59 bits per heavy atom.